The van der Waals surface area contributed by atoms with Gasteiger partial charge in [0.15, 0.2) is 4.80 Å². The van der Waals surface area contributed by atoms with Gasteiger partial charge in [0.25, 0.3) is 5.91 Å². The Kier molecular flexibility index (Phi) is 4.77. The summed E-state index contributed by atoms with van der Waals surface area (Å²) in [4.78, 5) is 19.6. The highest BCUT2D eigenvalue weighted by Crippen LogP contribution is 2.23. The van der Waals surface area contributed by atoms with Crippen LogP contribution in [0.5, 0.6) is 0 Å². The Morgan fingerprint density at radius 2 is 1.80 bits per heavy atom. The van der Waals surface area contributed by atoms with Crippen molar-refractivity contribution in [3.63, 3.8) is 0 Å². The van der Waals surface area contributed by atoms with E-state index in [2.05, 4.69) is 37.0 Å². The van der Waals surface area contributed by atoms with Crippen LogP contribution in [0.15, 0.2) is 47.5 Å². The first kappa shape index (κ1) is 17.4. The Morgan fingerprint density at radius 1 is 1.12 bits per heavy atom. The fourth-order valence-electron chi connectivity index (χ4n) is 2.67. The molecule has 5 heteroatoms. The van der Waals surface area contributed by atoms with Gasteiger partial charge in [0.05, 0.1) is 10.2 Å². The van der Waals surface area contributed by atoms with Crippen LogP contribution >= 0.6 is 11.3 Å². The van der Waals surface area contributed by atoms with Gasteiger partial charge in [-0.2, -0.15) is 4.99 Å². The van der Waals surface area contributed by atoms with Crippen molar-refractivity contribution < 1.29 is 4.79 Å². The smallest absolute Gasteiger partial charge is 0.279 e. The number of fused-ring (bicyclic) bond motifs is 1. The zero-order valence-corrected chi connectivity index (χ0v) is 16.1. The van der Waals surface area contributed by atoms with Crippen LogP contribution in [0.25, 0.3) is 10.2 Å². The van der Waals surface area contributed by atoms with E-state index in [0.29, 0.717) is 11.5 Å². The standard InChI is InChI=1S/C20H23N3OS/c1-13(2)15-8-11-17-18(12-15)25-20(23(17)5)21-19(24)14-6-9-16(10-7-14)22(3)4/h6-13H,1-5H3. The van der Waals surface area contributed by atoms with Crippen molar-refractivity contribution in [3.05, 3.63) is 58.4 Å². The van der Waals surface area contributed by atoms with Gasteiger partial charge in [0.1, 0.15) is 0 Å². The monoisotopic (exact) mass is 353 g/mol. The molecule has 0 atom stereocenters. The van der Waals surface area contributed by atoms with E-state index >= 15 is 0 Å². The highest BCUT2D eigenvalue weighted by Gasteiger charge is 2.09. The van der Waals surface area contributed by atoms with Gasteiger partial charge in [-0.3, -0.25) is 4.79 Å². The maximum absolute atomic E-state index is 12.5. The first-order valence-corrected chi connectivity index (χ1v) is 9.14. The number of aryl methyl sites for hydroxylation is 1. The zero-order chi connectivity index (χ0) is 18.1. The van der Waals surface area contributed by atoms with Gasteiger partial charge in [-0.15, -0.1) is 0 Å². The summed E-state index contributed by atoms with van der Waals surface area (Å²) in [7, 11) is 5.91. The number of anilines is 1. The first-order chi connectivity index (χ1) is 11.9. The second-order valence-electron chi connectivity index (χ2n) is 6.68. The van der Waals surface area contributed by atoms with Crippen molar-refractivity contribution in [2.45, 2.75) is 19.8 Å². The number of hydrogen-bond donors (Lipinski definition) is 0. The molecule has 25 heavy (non-hydrogen) atoms. The van der Waals surface area contributed by atoms with Crippen molar-refractivity contribution in [2.75, 3.05) is 19.0 Å². The quantitative estimate of drug-likeness (QED) is 0.709. The maximum Gasteiger partial charge on any atom is 0.279 e. The molecule has 1 aromatic heterocycles. The van der Waals surface area contributed by atoms with Crippen LogP contribution in [0.1, 0.15) is 35.7 Å². The summed E-state index contributed by atoms with van der Waals surface area (Å²) >= 11 is 1.55. The summed E-state index contributed by atoms with van der Waals surface area (Å²) < 4.78 is 3.14. The van der Waals surface area contributed by atoms with E-state index in [-0.39, 0.29) is 5.91 Å². The van der Waals surface area contributed by atoms with Crippen LogP contribution in [0.4, 0.5) is 5.69 Å². The van der Waals surface area contributed by atoms with E-state index in [4.69, 9.17) is 0 Å². The molecule has 0 unspecified atom stereocenters. The number of carbonyl (C=O) groups is 1. The number of hydrogen-bond acceptors (Lipinski definition) is 3. The summed E-state index contributed by atoms with van der Waals surface area (Å²) in [5.74, 6) is 0.269. The summed E-state index contributed by atoms with van der Waals surface area (Å²) in [6, 6.07) is 14.0. The van der Waals surface area contributed by atoms with Crippen LogP contribution in [0.3, 0.4) is 0 Å². The molecule has 0 spiro atoms. The van der Waals surface area contributed by atoms with Crippen LogP contribution in [-0.2, 0) is 7.05 Å². The molecule has 0 aliphatic rings. The molecule has 3 aromatic rings. The van der Waals surface area contributed by atoms with Gasteiger partial charge < -0.3 is 9.47 Å². The molecule has 0 fully saturated rings. The number of benzene rings is 2. The number of thiazole rings is 1. The van der Waals surface area contributed by atoms with Crippen LogP contribution in [-0.4, -0.2) is 24.6 Å². The van der Waals surface area contributed by atoms with E-state index in [0.717, 1.165) is 20.7 Å². The Labute approximate surface area is 152 Å². The fourth-order valence-corrected chi connectivity index (χ4v) is 3.74. The Hall–Kier alpha value is -2.40. The largest absolute Gasteiger partial charge is 0.378 e. The van der Waals surface area contributed by atoms with Crippen molar-refractivity contribution in [2.24, 2.45) is 12.0 Å². The van der Waals surface area contributed by atoms with Crippen molar-refractivity contribution in [1.82, 2.24) is 4.57 Å². The SMILES string of the molecule is CC(C)c1ccc2c(c1)sc(=NC(=O)c1ccc(N(C)C)cc1)n2C. The topological polar surface area (TPSA) is 37.6 Å². The molecule has 0 radical (unpaired) electrons. The number of aromatic nitrogens is 1. The lowest BCUT2D eigenvalue weighted by Crippen LogP contribution is -2.13. The molecule has 0 bridgehead atoms. The molecule has 0 aliphatic carbocycles. The second kappa shape index (κ2) is 6.84. The summed E-state index contributed by atoms with van der Waals surface area (Å²) in [5.41, 5.74) is 4.06. The molecule has 130 valence electrons. The zero-order valence-electron chi connectivity index (χ0n) is 15.3. The third-order valence-electron chi connectivity index (χ3n) is 4.33. The molecule has 1 amide bonds. The first-order valence-electron chi connectivity index (χ1n) is 8.32. The highest BCUT2D eigenvalue weighted by atomic mass is 32.1. The van der Waals surface area contributed by atoms with Crippen molar-refractivity contribution in [3.8, 4) is 0 Å². The molecule has 0 N–H and O–H groups in total. The molecular formula is C20H23N3OS. The predicted molar refractivity (Wildman–Crippen MR) is 106 cm³/mol. The average molecular weight is 353 g/mol. The summed E-state index contributed by atoms with van der Waals surface area (Å²) in [6.07, 6.45) is 0. The molecule has 4 nitrogen and oxygen atoms in total. The van der Waals surface area contributed by atoms with Gasteiger partial charge in [0, 0.05) is 32.4 Å². The lowest BCUT2D eigenvalue weighted by molar-refractivity contribution is 0.0998. The minimum absolute atomic E-state index is 0.212. The van der Waals surface area contributed by atoms with Gasteiger partial charge in [-0.25, -0.2) is 0 Å². The average Bonchev–Trinajstić information content (AvgIpc) is 2.90. The summed E-state index contributed by atoms with van der Waals surface area (Å²) in [6.45, 7) is 4.36. The molecule has 0 saturated heterocycles. The minimum atomic E-state index is -0.212. The Morgan fingerprint density at radius 3 is 2.40 bits per heavy atom. The molecule has 0 saturated carbocycles. The van der Waals surface area contributed by atoms with Crippen LogP contribution in [0, 0.1) is 0 Å². The number of amides is 1. The van der Waals surface area contributed by atoms with E-state index in [1.165, 1.54) is 5.56 Å². The van der Waals surface area contributed by atoms with E-state index < -0.39 is 0 Å². The van der Waals surface area contributed by atoms with Crippen LogP contribution < -0.4 is 9.70 Å². The van der Waals surface area contributed by atoms with E-state index in [1.807, 2.05) is 54.9 Å². The van der Waals surface area contributed by atoms with Crippen LogP contribution in [0.2, 0.25) is 0 Å². The molecule has 0 aliphatic heterocycles. The Bertz CT molecular complexity index is 978. The lowest BCUT2D eigenvalue weighted by Gasteiger charge is -2.11. The maximum atomic E-state index is 12.5. The lowest BCUT2D eigenvalue weighted by atomic mass is 10.0. The van der Waals surface area contributed by atoms with Gasteiger partial charge >= 0.3 is 0 Å². The molecule has 1 heterocycles. The molecule has 3 rings (SSSR count). The van der Waals surface area contributed by atoms with Gasteiger partial charge in [-0.05, 0) is 47.9 Å². The molecular weight excluding hydrogens is 330 g/mol. The van der Waals surface area contributed by atoms with Crippen molar-refractivity contribution >= 4 is 33.1 Å². The number of rotatable bonds is 3. The van der Waals surface area contributed by atoms with E-state index in [1.54, 1.807) is 11.3 Å². The normalized spacial score (nSPS) is 12.2. The highest BCUT2D eigenvalue weighted by molar-refractivity contribution is 7.16. The van der Waals surface area contributed by atoms with E-state index in [9.17, 15) is 4.79 Å². The predicted octanol–water partition coefficient (Wildman–Crippen LogP) is 4.17. The second-order valence-corrected chi connectivity index (χ2v) is 7.69. The number of carbonyl (C=O) groups excluding carboxylic acids is 1. The number of nitrogens with zero attached hydrogens (tertiary/aromatic N) is 3. The molecule has 2 aromatic carbocycles. The Balaban J connectivity index is 1.99. The summed E-state index contributed by atoms with van der Waals surface area (Å²) in [5, 5.41) is 0. The fraction of sp³-hybridized carbons (Fsp3) is 0.300. The third-order valence-corrected chi connectivity index (χ3v) is 5.42. The minimum Gasteiger partial charge on any atom is -0.378 e. The third kappa shape index (κ3) is 3.51. The van der Waals surface area contributed by atoms with Gasteiger partial charge in [-0.1, -0.05) is 31.3 Å². The van der Waals surface area contributed by atoms with Gasteiger partial charge in [0.2, 0.25) is 0 Å². The van der Waals surface area contributed by atoms with Crippen molar-refractivity contribution in [1.29, 1.82) is 0 Å².